The number of hydrogen-bond donors (Lipinski definition) is 0. The zero-order valence-electron chi connectivity index (χ0n) is 24.6. The van der Waals surface area contributed by atoms with Gasteiger partial charge in [0.05, 0.1) is 42.1 Å². The second kappa shape index (κ2) is 12.5. The summed E-state index contributed by atoms with van der Waals surface area (Å²) in [5.74, 6) is -0.490. The maximum atomic E-state index is 14.5. The molecule has 234 valence electrons. The summed E-state index contributed by atoms with van der Waals surface area (Å²) in [6.07, 6.45) is -0.679. The number of carbonyl (C=O) groups excluding carboxylic acids is 1. The number of nitrogens with zero attached hydrogens (tertiary/aromatic N) is 6. The van der Waals surface area contributed by atoms with E-state index in [4.69, 9.17) is 9.47 Å². The molecule has 0 radical (unpaired) electrons. The summed E-state index contributed by atoms with van der Waals surface area (Å²) in [6, 6.07) is 14.1. The predicted molar refractivity (Wildman–Crippen MR) is 156 cm³/mol. The van der Waals surface area contributed by atoms with Crippen molar-refractivity contribution in [3.63, 3.8) is 0 Å². The van der Waals surface area contributed by atoms with E-state index in [1.165, 1.54) is 42.1 Å². The summed E-state index contributed by atoms with van der Waals surface area (Å²) in [5.41, 5.74) is 0.829. The first-order chi connectivity index (χ1) is 21.5. The Morgan fingerprint density at radius 2 is 1.80 bits per heavy atom. The quantitative estimate of drug-likeness (QED) is 0.0939. The minimum Gasteiger partial charge on any atom is -0.462 e. The Kier molecular flexibility index (Phi) is 8.68. The number of hydrogen-bond acceptors (Lipinski definition) is 8. The van der Waals surface area contributed by atoms with Gasteiger partial charge in [-0.1, -0.05) is 12.1 Å². The molecule has 0 fully saturated rings. The van der Waals surface area contributed by atoms with E-state index in [0.29, 0.717) is 33.5 Å². The molecule has 45 heavy (non-hydrogen) atoms. The van der Waals surface area contributed by atoms with Crippen LogP contribution in [-0.4, -0.2) is 48.1 Å². The smallest absolute Gasteiger partial charge is 0.423 e. The van der Waals surface area contributed by atoms with Crippen LogP contribution in [0.3, 0.4) is 0 Å². The Hall–Kier alpha value is -5.11. The highest BCUT2D eigenvalue weighted by Crippen LogP contribution is 2.44. The fraction of sp³-hybridized carbons (Fsp3) is 0.290. The van der Waals surface area contributed by atoms with Crippen LogP contribution in [0, 0.1) is 17.0 Å². The molecule has 0 aliphatic rings. The van der Waals surface area contributed by atoms with Crippen molar-refractivity contribution in [2.24, 2.45) is 0 Å². The van der Waals surface area contributed by atoms with Crippen LogP contribution >= 0.6 is 0 Å². The number of esters is 1. The number of pyridine rings is 2. The predicted octanol–water partition coefficient (Wildman–Crippen LogP) is 6.42. The van der Waals surface area contributed by atoms with E-state index >= 15 is 0 Å². The van der Waals surface area contributed by atoms with E-state index in [-0.39, 0.29) is 18.8 Å². The van der Waals surface area contributed by atoms with Crippen molar-refractivity contribution >= 4 is 17.2 Å². The highest BCUT2D eigenvalue weighted by atomic mass is 19.4. The molecule has 0 aliphatic heterocycles. The molecule has 0 amide bonds. The van der Waals surface area contributed by atoms with Crippen molar-refractivity contribution in [2.75, 3.05) is 6.61 Å². The molecule has 5 aromatic rings. The summed E-state index contributed by atoms with van der Waals surface area (Å²) in [7, 11) is 0. The van der Waals surface area contributed by atoms with E-state index in [1.54, 1.807) is 37.5 Å². The second-order valence-electron chi connectivity index (χ2n) is 10.3. The number of aromatic nitrogens is 5. The van der Waals surface area contributed by atoms with Crippen LogP contribution in [0.15, 0.2) is 73.2 Å². The van der Waals surface area contributed by atoms with Crippen LogP contribution in [-0.2, 0) is 28.2 Å². The topological polar surface area (TPSA) is 127 Å². The Morgan fingerprint density at radius 3 is 2.42 bits per heavy atom. The number of carbonyl (C=O) groups is 1. The van der Waals surface area contributed by atoms with Crippen molar-refractivity contribution in [1.82, 2.24) is 24.4 Å². The molecule has 0 saturated heterocycles. The second-order valence-corrected chi connectivity index (χ2v) is 10.3. The van der Waals surface area contributed by atoms with E-state index in [2.05, 4.69) is 15.3 Å². The Labute approximate surface area is 255 Å². The number of benzene rings is 1. The first kappa shape index (κ1) is 31.3. The molecule has 0 aliphatic carbocycles. The van der Waals surface area contributed by atoms with E-state index < -0.39 is 41.4 Å². The molecule has 14 heteroatoms. The zero-order chi connectivity index (χ0) is 32.4. The lowest BCUT2D eigenvalue weighted by atomic mass is 9.95. The maximum Gasteiger partial charge on any atom is 0.423 e. The maximum absolute atomic E-state index is 14.5. The van der Waals surface area contributed by atoms with Crippen molar-refractivity contribution in [3.05, 3.63) is 111 Å². The van der Waals surface area contributed by atoms with Gasteiger partial charge >= 0.3 is 12.1 Å². The van der Waals surface area contributed by atoms with Crippen molar-refractivity contribution in [3.8, 4) is 11.3 Å². The average Bonchev–Trinajstić information content (AvgIpc) is 3.63. The fourth-order valence-corrected chi connectivity index (χ4v) is 5.04. The Bertz CT molecular complexity index is 1830. The molecule has 1 unspecified atom stereocenters. The van der Waals surface area contributed by atoms with Crippen molar-refractivity contribution in [2.45, 2.75) is 52.1 Å². The summed E-state index contributed by atoms with van der Waals surface area (Å²) >= 11 is 0. The van der Waals surface area contributed by atoms with E-state index in [1.807, 2.05) is 23.5 Å². The van der Waals surface area contributed by atoms with Crippen LogP contribution in [0.25, 0.3) is 16.8 Å². The number of non-ortho nitro benzene ring substituents is 1. The number of nitro benzene ring substituents is 1. The van der Waals surface area contributed by atoms with Crippen LogP contribution in [0.4, 0.5) is 18.9 Å². The van der Waals surface area contributed by atoms with Gasteiger partial charge in [0, 0.05) is 41.3 Å². The lowest BCUT2D eigenvalue weighted by Crippen LogP contribution is -2.44. The van der Waals surface area contributed by atoms with Gasteiger partial charge in [-0.15, -0.1) is 5.10 Å². The molecule has 11 nitrogen and oxygen atoms in total. The van der Waals surface area contributed by atoms with Gasteiger partial charge in [-0.05, 0) is 73.9 Å². The van der Waals surface area contributed by atoms with Gasteiger partial charge < -0.3 is 13.9 Å². The third kappa shape index (κ3) is 6.27. The molecule has 0 spiro atoms. The first-order valence-electron chi connectivity index (χ1n) is 14.0. The Morgan fingerprint density at radius 1 is 1.04 bits per heavy atom. The number of fused-ring (bicyclic) bond motifs is 1. The number of rotatable bonds is 11. The Balaban J connectivity index is 1.43. The van der Waals surface area contributed by atoms with Crippen molar-refractivity contribution in [1.29, 1.82) is 0 Å². The lowest BCUT2D eigenvalue weighted by molar-refractivity contribution is -0.384. The SMILES string of the molecule is CCOC(=O)c1cc2cc(Cn3cc(C(CC)(OCc4ccc([N+](=O)[O-])cc4)C(F)(F)F)nn3)ccn2c1-c1ccc(C)nc1. The van der Waals surface area contributed by atoms with Crippen molar-refractivity contribution < 1.29 is 32.4 Å². The lowest BCUT2D eigenvalue weighted by Gasteiger charge is -2.33. The van der Waals surface area contributed by atoms with Gasteiger partial charge in [0.25, 0.3) is 5.69 Å². The molecule has 4 heterocycles. The number of ether oxygens (including phenoxy) is 2. The van der Waals surface area contributed by atoms with Gasteiger partial charge in [0.2, 0.25) is 5.60 Å². The van der Waals surface area contributed by atoms with Gasteiger partial charge in [-0.25, -0.2) is 9.48 Å². The molecule has 5 rings (SSSR count). The molecule has 0 bridgehead atoms. The minimum absolute atomic E-state index is 0.0881. The fourth-order valence-electron chi connectivity index (χ4n) is 5.04. The van der Waals surface area contributed by atoms with Crippen LogP contribution in [0.2, 0.25) is 0 Å². The third-order valence-corrected chi connectivity index (χ3v) is 7.40. The van der Waals surface area contributed by atoms with Crippen LogP contribution in [0.1, 0.15) is 53.1 Å². The van der Waals surface area contributed by atoms with E-state index in [9.17, 15) is 28.1 Å². The highest BCUT2D eigenvalue weighted by molar-refractivity contribution is 5.99. The summed E-state index contributed by atoms with van der Waals surface area (Å²) in [4.78, 5) is 27.5. The van der Waals surface area contributed by atoms with Gasteiger partial charge in [-0.2, -0.15) is 13.2 Å². The van der Waals surface area contributed by atoms with E-state index in [0.717, 1.165) is 5.69 Å². The molecule has 4 aromatic heterocycles. The summed E-state index contributed by atoms with van der Waals surface area (Å²) in [6.45, 7) is 4.75. The zero-order valence-corrected chi connectivity index (χ0v) is 24.6. The van der Waals surface area contributed by atoms with Gasteiger partial charge in [0.1, 0.15) is 5.69 Å². The van der Waals surface area contributed by atoms with Gasteiger partial charge in [-0.3, -0.25) is 15.1 Å². The largest absolute Gasteiger partial charge is 0.462 e. The highest BCUT2D eigenvalue weighted by Gasteiger charge is 2.58. The number of aryl methyl sites for hydroxylation is 1. The monoisotopic (exact) mass is 622 g/mol. The molecule has 0 saturated carbocycles. The normalized spacial score (nSPS) is 13.1. The average molecular weight is 623 g/mol. The number of nitro groups is 1. The van der Waals surface area contributed by atoms with Crippen LogP contribution in [0.5, 0.6) is 0 Å². The molecular weight excluding hydrogens is 593 g/mol. The number of halogens is 3. The van der Waals surface area contributed by atoms with Crippen LogP contribution < -0.4 is 0 Å². The summed E-state index contributed by atoms with van der Waals surface area (Å²) < 4.78 is 57.5. The number of alkyl halides is 3. The molecule has 1 atom stereocenters. The minimum atomic E-state index is -4.83. The summed E-state index contributed by atoms with van der Waals surface area (Å²) in [5, 5.41) is 18.7. The first-order valence-corrected chi connectivity index (χ1v) is 14.0. The van der Waals surface area contributed by atoms with Gasteiger partial charge in [0.15, 0.2) is 0 Å². The standard InChI is InChI=1S/C31H29F3N6O5/c1-4-30(31(32,33)34,45-19-21-7-10-24(11-8-21)40(42)43)27-18-38(37-36-27)17-22-12-13-39-25(14-22)15-26(29(41)44-5-2)28(39)23-9-6-20(3)35-16-23/h6-16,18H,4-5,17,19H2,1-3H3. The molecular formula is C31H29F3N6O5. The third-order valence-electron chi connectivity index (χ3n) is 7.40. The molecule has 1 aromatic carbocycles. The molecule has 0 N–H and O–H groups in total.